The SMILES string of the molecule is CS(=O)(=O)N(CCNC(=O)Nc1ccccc1)CC1CCCO1. The molecule has 0 spiro atoms. The number of urea groups is 1. The standard InChI is InChI=1S/C15H23N3O4S/c1-23(20,21)18(12-14-8-5-11-22-14)10-9-16-15(19)17-13-6-3-2-4-7-13/h2-4,6-7,14H,5,8-12H2,1H3,(H2,16,17,19). The van der Waals surface area contributed by atoms with Crippen LogP contribution in [-0.4, -0.2) is 57.4 Å². The molecule has 1 aliphatic heterocycles. The van der Waals surface area contributed by atoms with Crippen molar-refractivity contribution in [3.05, 3.63) is 30.3 Å². The number of para-hydroxylation sites is 1. The highest BCUT2D eigenvalue weighted by Crippen LogP contribution is 2.14. The smallest absolute Gasteiger partial charge is 0.319 e. The summed E-state index contributed by atoms with van der Waals surface area (Å²) in [6.07, 6.45) is 2.95. The minimum Gasteiger partial charge on any atom is -0.377 e. The number of amides is 2. The van der Waals surface area contributed by atoms with Crippen LogP contribution in [0.15, 0.2) is 30.3 Å². The molecule has 23 heavy (non-hydrogen) atoms. The molecular formula is C15H23N3O4S. The van der Waals surface area contributed by atoms with Gasteiger partial charge < -0.3 is 15.4 Å². The van der Waals surface area contributed by atoms with E-state index in [0.29, 0.717) is 18.8 Å². The van der Waals surface area contributed by atoms with Crippen LogP contribution >= 0.6 is 0 Å². The van der Waals surface area contributed by atoms with Gasteiger partial charge in [-0.15, -0.1) is 0 Å². The second-order valence-corrected chi connectivity index (χ2v) is 7.49. The average Bonchev–Trinajstić information content (AvgIpc) is 2.99. The highest BCUT2D eigenvalue weighted by atomic mass is 32.2. The molecule has 1 aliphatic rings. The zero-order chi connectivity index (χ0) is 16.7. The topological polar surface area (TPSA) is 87.7 Å². The van der Waals surface area contributed by atoms with Gasteiger partial charge in [0.05, 0.1) is 12.4 Å². The van der Waals surface area contributed by atoms with Gasteiger partial charge in [-0.1, -0.05) is 18.2 Å². The molecule has 1 unspecified atom stereocenters. The molecule has 1 aromatic rings. The van der Waals surface area contributed by atoms with E-state index in [1.165, 1.54) is 10.6 Å². The summed E-state index contributed by atoms with van der Waals surface area (Å²) in [5.41, 5.74) is 0.685. The Kier molecular flexibility index (Phi) is 6.37. The summed E-state index contributed by atoms with van der Waals surface area (Å²) in [4.78, 5) is 11.8. The molecule has 1 aromatic carbocycles. The first kappa shape index (κ1) is 17.7. The van der Waals surface area contributed by atoms with E-state index in [0.717, 1.165) is 12.8 Å². The van der Waals surface area contributed by atoms with Crippen LogP contribution in [0.4, 0.5) is 10.5 Å². The first-order chi connectivity index (χ1) is 10.9. The number of hydrogen-bond acceptors (Lipinski definition) is 4. The Labute approximate surface area is 137 Å². The van der Waals surface area contributed by atoms with Gasteiger partial charge in [0.2, 0.25) is 10.0 Å². The molecule has 8 heteroatoms. The second-order valence-electron chi connectivity index (χ2n) is 5.50. The van der Waals surface area contributed by atoms with Crippen molar-refractivity contribution < 1.29 is 17.9 Å². The van der Waals surface area contributed by atoms with E-state index in [9.17, 15) is 13.2 Å². The summed E-state index contributed by atoms with van der Waals surface area (Å²) in [5.74, 6) is 0. The number of hydrogen-bond donors (Lipinski definition) is 2. The summed E-state index contributed by atoms with van der Waals surface area (Å²) in [6, 6.07) is 8.70. The molecule has 128 valence electrons. The number of carbonyl (C=O) groups excluding carboxylic acids is 1. The van der Waals surface area contributed by atoms with Crippen molar-refractivity contribution in [1.29, 1.82) is 0 Å². The van der Waals surface area contributed by atoms with Crippen molar-refractivity contribution in [2.75, 3.05) is 37.8 Å². The molecule has 0 radical (unpaired) electrons. The number of rotatable bonds is 7. The molecule has 2 N–H and O–H groups in total. The third kappa shape index (κ3) is 6.17. The number of ether oxygens (including phenoxy) is 1. The normalized spacial score (nSPS) is 18.1. The molecule has 1 atom stereocenters. The Morgan fingerprint density at radius 1 is 1.35 bits per heavy atom. The molecular weight excluding hydrogens is 318 g/mol. The lowest BCUT2D eigenvalue weighted by molar-refractivity contribution is 0.0942. The number of sulfonamides is 1. The van der Waals surface area contributed by atoms with Crippen molar-refractivity contribution in [1.82, 2.24) is 9.62 Å². The van der Waals surface area contributed by atoms with Gasteiger partial charge in [-0.2, -0.15) is 4.31 Å². The monoisotopic (exact) mass is 341 g/mol. The Morgan fingerprint density at radius 3 is 2.70 bits per heavy atom. The predicted octanol–water partition coefficient (Wildman–Crippen LogP) is 1.25. The third-order valence-electron chi connectivity index (χ3n) is 3.58. The zero-order valence-electron chi connectivity index (χ0n) is 13.2. The van der Waals surface area contributed by atoms with E-state index in [4.69, 9.17) is 4.74 Å². The van der Waals surface area contributed by atoms with Crippen LogP contribution < -0.4 is 10.6 Å². The summed E-state index contributed by atoms with van der Waals surface area (Å²) >= 11 is 0. The lowest BCUT2D eigenvalue weighted by atomic mass is 10.2. The van der Waals surface area contributed by atoms with Gasteiger partial charge in [0.15, 0.2) is 0 Å². The number of nitrogens with one attached hydrogen (secondary N) is 2. The van der Waals surface area contributed by atoms with E-state index in [1.54, 1.807) is 12.1 Å². The predicted molar refractivity (Wildman–Crippen MR) is 88.9 cm³/mol. The summed E-state index contributed by atoms with van der Waals surface area (Å²) in [6.45, 7) is 1.47. The fourth-order valence-corrected chi connectivity index (χ4v) is 3.26. The van der Waals surface area contributed by atoms with Crippen LogP contribution in [0.3, 0.4) is 0 Å². The fraction of sp³-hybridized carbons (Fsp3) is 0.533. The molecule has 1 saturated heterocycles. The molecule has 1 fully saturated rings. The highest BCUT2D eigenvalue weighted by molar-refractivity contribution is 7.88. The van der Waals surface area contributed by atoms with Crippen molar-refractivity contribution in [2.24, 2.45) is 0 Å². The molecule has 1 heterocycles. The Morgan fingerprint density at radius 2 is 2.09 bits per heavy atom. The van der Waals surface area contributed by atoms with Gasteiger partial charge in [-0.3, -0.25) is 0 Å². The van der Waals surface area contributed by atoms with Crippen LogP contribution in [0.25, 0.3) is 0 Å². The van der Waals surface area contributed by atoms with Crippen molar-refractivity contribution in [2.45, 2.75) is 18.9 Å². The molecule has 2 rings (SSSR count). The average molecular weight is 341 g/mol. The number of benzene rings is 1. The van der Waals surface area contributed by atoms with Crippen LogP contribution in [0.1, 0.15) is 12.8 Å². The summed E-state index contributed by atoms with van der Waals surface area (Å²) in [5, 5.41) is 5.35. The molecule has 0 aromatic heterocycles. The maximum atomic E-state index is 11.8. The summed E-state index contributed by atoms with van der Waals surface area (Å²) in [7, 11) is -3.33. The fourth-order valence-electron chi connectivity index (χ4n) is 2.40. The lowest BCUT2D eigenvalue weighted by Gasteiger charge is -2.23. The quantitative estimate of drug-likeness (QED) is 0.781. The van der Waals surface area contributed by atoms with Crippen LogP contribution in [-0.2, 0) is 14.8 Å². The maximum Gasteiger partial charge on any atom is 0.319 e. The van der Waals surface area contributed by atoms with E-state index >= 15 is 0 Å². The second kappa shape index (κ2) is 8.28. The van der Waals surface area contributed by atoms with Crippen LogP contribution in [0.5, 0.6) is 0 Å². The molecule has 0 bridgehead atoms. The minimum absolute atomic E-state index is 0.0529. The Balaban J connectivity index is 1.78. The van der Waals surface area contributed by atoms with Gasteiger partial charge in [-0.25, -0.2) is 13.2 Å². The zero-order valence-corrected chi connectivity index (χ0v) is 14.0. The molecule has 0 aliphatic carbocycles. The van der Waals surface area contributed by atoms with Gasteiger partial charge in [0, 0.05) is 31.9 Å². The van der Waals surface area contributed by atoms with Gasteiger partial charge in [0.25, 0.3) is 0 Å². The van der Waals surface area contributed by atoms with Gasteiger partial charge >= 0.3 is 6.03 Å². The largest absolute Gasteiger partial charge is 0.377 e. The van der Waals surface area contributed by atoms with E-state index in [1.807, 2.05) is 18.2 Å². The number of carbonyl (C=O) groups is 1. The Bertz CT molecular complexity index is 600. The molecule has 7 nitrogen and oxygen atoms in total. The van der Waals surface area contributed by atoms with Gasteiger partial charge in [-0.05, 0) is 25.0 Å². The maximum absolute atomic E-state index is 11.8. The number of anilines is 1. The van der Waals surface area contributed by atoms with E-state index in [-0.39, 0.29) is 25.2 Å². The Hall–Kier alpha value is -1.64. The van der Waals surface area contributed by atoms with Crippen molar-refractivity contribution in [3.8, 4) is 0 Å². The third-order valence-corrected chi connectivity index (χ3v) is 4.85. The number of nitrogens with zero attached hydrogens (tertiary/aromatic N) is 1. The minimum atomic E-state index is -3.33. The first-order valence-electron chi connectivity index (χ1n) is 7.62. The lowest BCUT2D eigenvalue weighted by Crippen LogP contribution is -2.42. The highest BCUT2D eigenvalue weighted by Gasteiger charge is 2.24. The van der Waals surface area contributed by atoms with Crippen LogP contribution in [0.2, 0.25) is 0 Å². The summed E-state index contributed by atoms with van der Waals surface area (Å²) < 4.78 is 30.5. The molecule has 0 saturated carbocycles. The van der Waals surface area contributed by atoms with Crippen LogP contribution in [0, 0.1) is 0 Å². The van der Waals surface area contributed by atoms with Gasteiger partial charge in [0.1, 0.15) is 0 Å². The van der Waals surface area contributed by atoms with Crippen molar-refractivity contribution in [3.63, 3.8) is 0 Å². The van der Waals surface area contributed by atoms with E-state index < -0.39 is 10.0 Å². The first-order valence-corrected chi connectivity index (χ1v) is 9.46. The van der Waals surface area contributed by atoms with E-state index in [2.05, 4.69) is 10.6 Å². The molecule has 2 amide bonds. The van der Waals surface area contributed by atoms with Crippen molar-refractivity contribution >= 4 is 21.7 Å².